The van der Waals surface area contributed by atoms with Crippen LogP contribution in [-0.4, -0.2) is 80.4 Å². The molecule has 5 aromatic heterocycles. The van der Waals surface area contributed by atoms with Gasteiger partial charge in [0.15, 0.2) is 0 Å². The van der Waals surface area contributed by atoms with Gasteiger partial charge in [-0.15, -0.1) is 0 Å². The first kappa shape index (κ1) is 26.7. The van der Waals surface area contributed by atoms with Gasteiger partial charge in [0.25, 0.3) is 0 Å². The summed E-state index contributed by atoms with van der Waals surface area (Å²) in [7, 11) is 0. The highest BCUT2D eigenvalue weighted by Gasteiger charge is 2.24. The second kappa shape index (κ2) is 11.0. The van der Waals surface area contributed by atoms with Crippen LogP contribution in [0.4, 0.5) is 10.2 Å². The number of aromatic nitrogens is 6. The van der Waals surface area contributed by atoms with Gasteiger partial charge in [0.1, 0.15) is 29.7 Å². The zero-order valence-electron chi connectivity index (χ0n) is 24.1. The maximum Gasteiger partial charge on any atom is 0.129 e. The van der Waals surface area contributed by atoms with E-state index in [4.69, 9.17) is 15.5 Å². The average Bonchev–Trinajstić information content (AvgIpc) is 3.78. The molecule has 2 fully saturated rings. The number of aromatic amines is 2. The number of likely N-dealkylation sites (tertiary alicyclic amines) is 1. The molecule has 4 N–H and O–H groups in total. The molecule has 8 rings (SSSR count). The number of nitrogens with two attached hydrogens (primary N) is 1. The molecule has 44 heavy (non-hydrogen) atoms. The van der Waals surface area contributed by atoms with Crippen molar-refractivity contribution in [3.05, 3.63) is 72.8 Å². The maximum atomic E-state index is 14.8. The quantitative estimate of drug-likeness (QED) is 0.227. The summed E-state index contributed by atoms with van der Waals surface area (Å²) < 4.78 is 20.7. The zero-order valence-corrected chi connectivity index (χ0v) is 24.1. The largest absolute Gasteiger partial charge is 0.492 e. The first-order valence-electron chi connectivity index (χ1n) is 15.0. The van der Waals surface area contributed by atoms with E-state index >= 15 is 0 Å². The van der Waals surface area contributed by atoms with Crippen molar-refractivity contribution in [2.24, 2.45) is 5.73 Å². The van der Waals surface area contributed by atoms with Crippen LogP contribution in [0.2, 0.25) is 0 Å². The highest BCUT2D eigenvalue weighted by atomic mass is 19.1. The molecule has 2 aliphatic rings. The Labute approximate surface area is 253 Å². The summed E-state index contributed by atoms with van der Waals surface area (Å²) in [5, 5.41) is 9.50. The van der Waals surface area contributed by atoms with Gasteiger partial charge in [0.2, 0.25) is 0 Å². The predicted molar refractivity (Wildman–Crippen MR) is 169 cm³/mol. The Morgan fingerprint density at radius 1 is 0.932 bits per heavy atom. The summed E-state index contributed by atoms with van der Waals surface area (Å²) in [6, 6.07) is 16.9. The summed E-state index contributed by atoms with van der Waals surface area (Å²) in [6.45, 7) is 5.15. The molecule has 0 atom stereocenters. The van der Waals surface area contributed by atoms with Crippen molar-refractivity contribution < 1.29 is 9.13 Å². The third kappa shape index (κ3) is 5.03. The fraction of sp³-hybridized carbons (Fsp3) is 0.273. The van der Waals surface area contributed by atoms with Gasteiger partial charge in [-0.3, -0.25) is 20.0 Å². The molecular formula is C33H32FN9O. The number of H-pyrrole nitrogens is 2. The monoisotopic (exact) mass is 589 g/mol. The van der Waals surface area contributed by atoms with Crippen LogP contribution in [0.25, 0.3) is 55.8 Å². The third-order valence-electron chi connectivity index (χ3n) is 8.50. The number of benzene rings is 1. The number of hydrogen-bond acceptors (Lipinski definition) is 8. The van der Waals surface area contributed by atoms with Gasteiger partial charge in [-0.25, -0.2) is 9.37 Å². The fourth-order valence-corrected chi connectivity index (χ4v) is 6.20. The van der Waals surface area contributed by atoms with Gasteiger partial charge >= 0.3 is 0 Å². The molecular weight excluding hydrogens is 557 g/mol. The first-order valence-corrected chi connectivity index (χ1v) is 15.0. The van der Waals surface area contributed by atoms with Gasteiger partial charge in [0.05, 0.1) is 34.5 Å². The molecule has 7 heterocycles. The second-order valence-corrected chi connectivity index (χ2v) is 11.6. The van der Waals surface area contributed by atoms with Gasteiger partial charge < -0.3 is 20.4 Å². The maximum absolute atomic E-state index is 14.8. The molecule has 222 valence electrons. The van der Waals surface area contributed by atoms with Crippen molar-refractivity contribution in [2.45, 2.75) is 18.9 Å². The average molecular weight is 590 g/mol. The SMILES string of the molecule is NC1CN(c2cccc(-c3cc4c(-c5cc6c(-c7cc(F)cc(OCCN8CCCC8)c7)nccc6[nH]5)n[nH]c4cn3)n2)C1. The third-order valence-corrected chi connectivity index (χ3v) is 8.50. The first-order chi connectivity index (χ1) is 21.6. The predicted octanol–water partition coefficient (Wildman–Crippen LogP) is 4.99. The molecule has 2 aliphatic heterocycles. The second-order valence-electron chi connectivity index (χ2n) is 11.6. The van der Waals surface area contributed by atoms with Crippen LogP contribution in [0.3, 0.4) is 0 Å². The van der Waals surface area contributed by atoms with Crippen molar-refractivity contribution in [3.8, 4) is 39.8 Å². The molecule has 10 nitrogen and oxygen atoms in total. The van der Waals surface area contributed by atoms with Gasteiger partial charge in [0, 0.05) is 59.8 Å². The minimum absolute atomic E-state index is 0.191. The molecule has 0 amide bonds. The number of rotatable bonds is 8. The molecule has 0 spiro atoms. The van der Waals surface area contributed by atoms with E-state index in [1.54, 1.807) is 12.4 Å². The molecule has 0 radical (unpaired) electrons. The standard InChI is InChI=1S/C33H32FN9O/c34-21-12-20(13-23(14-21)44-11-10-42-8-1-2-9-42)32-24-16-29(38-26(24)6-7-36-32)33-25-15-28(37-17-30(25)40-41-33)27-4-3-5-31(39-27)43-18-22(35)19-43/h3-7,12-17,22,38H,1-2,8-11,18-19,35H2,(H,40,41). The molecule has 11 heteroatoms. The Kier molecular flexibility index (Phi) is 6.68. The van der Waals surface area contributed by atoms with Crippen LogP contribution in [0.5, 0.6) is 5.75 Å². The van der Waals surface area contributed by atoms with E-state index in [1.807, 2.05) is 42.5 Å². The van der Waals surface area contributed by atoms with Crippen molar-refractivity contribution in [1.82, 2.24) is 35.0 Å². The lowest BCUT2D eigenvalue weighted by atomic mass is 10.1. The lowest BCUT2D eigenvalue weighted by Crippen LogP contribution is -2.56. The zero-order chi connectivity index (χ0) is 29.6. The van der Waals surface area contributed by atoms with Gasteiger partial charge in [-0.05, 0) is 68.4 Å². The number of hydrogen-bond donors (Lipinski definition) is 3. The summed E-state index contributed by atoms with van der Waals surface area (Å²) in [4.78, 5) is 22.2. The molecule has 0 aliphatic carbocycles. The highest BCUT2D eigenvalue weighted by Crippen LogP contribution is 2.35. The Hall–Kier alpha value is -4.87. The van der Waals surface area contributed by atoms with E-state index in [9.17, 15) is 4.39 Å². The summed E-state index contributed by atoms with van der Waals surface area (Å²) in [5.74, 6) is 1.04. The minimum Gasteiger partial charge on any atom is -0.492 e. The van der Waals surface area contributed by atoms with Crippen molar-refractivity contribution in [2.75, 3.05) is 44.2 Å². The molecule has 2 saturated heterocycles. The lowest BCUT2D eigenvalue weighted by molar-refractivity contribution is 0.237. The Bertz CT molecular complexity index is 1970. The smallest absolute Gasteiger partial charge is 0.129 e. The summed E-state index contributed by atoms with van der Waals surface area (Å²) in [5.41, 5.74) is 12.1. The lowest BCUT2D eigenvalue weighted by Gasteiger charge is -2.37. The van der Waals surface area contributed by atoms with Crippen molar-refractivity contribution in [3.63, 3.8) is 0 Å². The van der Waals surface area contributed by atoms with Gasteiger partial charge in [-0.2, -0.15) is 5.10 Å². The van der Waals surface area contributed by atoms with E-state index < -0.39 is 0 Å². The molecule has 1 aromatic carbocycles. The van der Waals surface area contributed by atoms with Crippen LogP contribution in [-0.2, 0) is 0 Å². The molecule has 0 bridgehead atoms. The number of anilines is 1. The molecule has 0 saturated carbocycles. The van der Waals surface area contributed by atoms with E-state index in [0.29, 0.717) is 23.6 Å². The minimum atomic E-state index is -0.360. The number of ether oxygens (including phenoxy) is 1. The van der Waals surface area contributed by atoms with E-state index in [0.717, 1.165) is 83.1 Å². The number of pyridine rings is 3. The Morgan fingerprint density at radius 2 is 1.80 bits per heavy atom. The van der Waals surface area contributed by atoms with Crippen LogP contribution < -0.4 is 15.4 Å². The van der Waals surface area contributed by atoms with E-state index in [2.05, 4.69) is 34.9 Å². The van der Waals surface area contributed by atoms with Crippen molar-refractivity contribution >= 4 is 27.6 Å². The van der Waals surface area contributed by atoms with Crippen LogP contribution in [0.1, 0.15) is 12.8 Å². The Balaban J connectivity index is 1.11. The van der Waals surface area contributed by atoms with Gasteiger partial charge in [-0.1, -0.05) is 6.07 Å². The fourth-order valence-electron chi connectivity index (χ4n) is 6.20. The highest BCUT2D eigenvalue weighted by molar-refractivity contribution is 6.00. The summed E-state index contributed by atoms with van der Waals surface area (Å²) >= 11 is 0. The topological polar surface area (TPSA) is 125 Å². The number of fused-ring (bicyclic) bond motifs is 2. The number of halogens is 1. The Morgan fingerprint density at radius 3 is 2.66 bits per heavy atom. The van der Waals surface area contributed by atoms with Crippen LogP contribution in [0, 0.1) is 5.82 Å². The molecule has 6 aromatic rings. The van der Waals surface area contributed by atoms with E-state index in [-0.39, 0.29) is 11.9 Å². The normalized spacial score (nSPS) is 15.8. The van der Waals surface area contributed by atoms with Crippen molar-refractivity contribution in [1.29, 1.82) is 0 Å². The van der Waals surface area contributed by atoms with Crippen LogP contribution in [0.15, 0.2) is 67.0 Å². The van der Waals surface area contributed by atoms with Crippen LogP contribution >= 0.6 is 0 Å². The molecule has 0 unspecified atom stereocenters. The number of nitrogens with one attached hydrogen (secondary N) is 2. The number of nitrogens with zero attached hydrogens (tertiary/aromatic N) is 6. The summed E-state index contributed by atoms with van der Waals surface area (Å²) in [6.07, 6.45) is 5.96. The van der Waals surface area contributed by atoms with E-state index in [1.165, 1.54) is 25.0 Å².